The van der Waals surface area contributed by atoms with Gasteiger partial charge in [-0.1, -0.05) is 115 Å². The number of ether oxygens (including phenoxy) is 1. The molecule has 4 heteroatoms. The van der Waals surface area contributed by atoms with Crippen molar-refractivity contribution in [2.75, 3.05) is 7.11 Å². The minimum Gasteiger partial charge on any atom is -0.466 e. The van der Waals surface area contributed by atoms with Gasteiger partial charge in [-0.3, -0.25) is 0 Å². The van der Waals surface area contributed by atoms with Crippen molar-refractivity contribution >= 4 is 42.1 Å². The first-order chi connectivity index (χ1) is 14.9. The standard InChI is InChI=1S/C27H27ClO2Si/c1-30-27(29)25(16-10-11-21-17-19-23(28)20-18-21)26(22-12-6-4-7-13-22)31(2,3)24-14-8-5-9-15-24/h4-15,17-20H,16H2,1-3H3/b11-10+,26-25-. The SMILES string of the molecule is COC(=O)/C(C/C=C/c1ccc(Cl)cc1)=C(/c1ccccc1)[Si](C)(C)c1ccccc1. The lowest BCUT2D eigenvalue weighted by molar-refractivity contribution is -0.136. The molecule has 31 heavy (non-hydrogen) atoms. The first-order valence-electron chi connectivity index (χ1n) is 10.3. The van der Waals surface area contributed by atoms with Crippen molar-refractivity contribution in [1.29, 1.82) is 0 Å². The Morgan fingerprint density at radius 3 is 2.06 bits per heavy atom. The first-order valence-corrected chi connectivity index (χ1v) is 13.7. The number of hydrogen-bond donors (Lipinski definition) is 0. The molecule has 3 rings (SSSR count). The fraction of sp³-hybridized carbons (Fsp3) is 0.148. The molecule has 0 spiro atoms. The Morgan fingerprint density at radius 1 is 0.903 bits per heavy atom. The molecule has 0 saturated heterocycles. The summed E-state index contributed by atoms with van der Waals surface area (Å²) in [5.74, 6) is -0.281. The largest absolute Gasteiger partial charge is 0.466 e. The van der Waals surface area contributed by atoms with E-state index in [4.69, 9.17) is 16.3 Å². The third-order valence-electron chi connectivity index (χ3n) is 5.42. The number of esters is 1. The van der Waals surface area contributed by atoms with E-state index in [9.17, 15) is 4.79 Å². The van der Waals surface area contributed by atoms with Crippen molar-refractivity contribution in [3.05, 3.63) is 113 Å². The second-order valence-electron chi connectivity index (χ2n) is 7.86. The van der Waals surface area contributed by atoms with E-state index in [1.807, 2.05) is 60.7 Å². The summed E-state index contributed by atoms with van der Waals surface area (Å²) in [5, 5.41) is 3.08. The molecular weight excluding hydrogens is 420 g/mol. The van der Waals surface area contributed by atoms with Gasteiger partial charge in [-0.05, 0) is 34.9 Å². The maximum absolute atomic E-state index is 13.0. The Morgan fingerprint density at radius 2 is 1.48 bits per heavy atom. The number of rotatable bonds is 7. The number of halogens is 1. The third kappa shape index (κ3) is 5.63. The minimum absolute atomic E-state index is 0.281. The number of carbonyl (C=O) groups is 1. The first kappa shape index (κ1) is 22.8. The van der Waals surface area contributed by atoms with E-state index in [1.54, 1.807) is 0 Å². The molecule has 0 N–H and O–H groups in total. The molecule has 0 aliphatic carbocycles. The van der Waals surface area contributed by atoms with Crippen molar-refractivity contribution in [1.82, 2.24) is 0 Å². The van der Waals surface area contributed by atoms with Crippen LogP contribution in [0, 0.1) is 0 Å². The molecule has 0 unspecified atom stereocenters. The summed E-state index contributed by atoms with van der Waals surface area (Å²) in [6.07, 6.45) is 4.52. The second kappa shape index (κ2) is 10.4. The molecule has 0 atom stereocenters. The summed E-state index contributed by atoms with van der Waals surface area (Å²) in [6, 6.07) is 28.3. The van der Waals surface area contributed by atoms with Crippen LogP contribution in [0.4, 0.5) is 0 Å². The molecule has 3 aromatic carbocycles. The summed E-state index contributed by atoms with van der Waals surface area (Å²) in [5.41, 5.74) is 2.82. The van der Waals surface area contributed by atoms with Gasteiger partial charge in [-0.2, -0.15) is 0 Å². The van der Waals surface area contributed by atoms with Crippen LogP contribution in [0.1, 0.15) is 17.5 Å². The van der Waals surface area contributed by atoms with Crippen LogP contribution < -0.4 is 5.19 Å². The Bertz CT molecular complexity index is 1070. The van der Waals surface area contributed by atoms with Crippen molar-refractivity contribution in [2.24, 2.45) is 0 Å². The third-order valence-corrected chi connectivity index (χ3v) is 9.29. The Hall–Kier alpha value is -2.88. The number of carbonyl (C=O) groups excluding carboxylic acids is 1. The van der Waals surface area contributed by atoms with Crippen LogP contribution in [0.5, 0.6) is 0 Å². The van der Waals surface area contributed by atoms with Gasteiger partial charge < -0.3 is 4.74 Å². The van der Waals surface area contributed by atoms with E-state index < -0.39 is 8.07 Å². The highest BCUT2D eigenvalue weighted by Crippen LogP contribution is 2.32. The zero-order chi connectivity index (χ0) is 22.3. The summed E-state index contributed by atoms with van der Waals surface area (Å²) < 4.78 is 5.24. The van der Waals surface area contributed by atoms with Gasteiger partial charge in [0.1, 0.15) is 8.07 Å². The maximum Gasteiger partial charge on any atom is 0.333 e. The molecule has 2 nitrogen and oxygen atoms in total. The van der Waals surface area contributed by atoms with Crippen LogP contribution in [0.25, 0.3) is 11.3 Å². The van der Waals surface area contributed by atoms with E-state index >= 15 is 0 Å². The highest BCUT2D eigenvalue weighted by Gasteiger charge is 2.33. The van der Waals surface area contributed by atoms with E-state index in [2.05, 4.69) is 49.5 Å². The topological polar surface area (TPSA) is 26.3 Å². The summed E-state index contributed by atoms with van der Waals surface area (Å²) in [4.78, 5) is 13.0. The van der Waals surface area contributed by atoms with Crippen LogP contribution in [0.2, 0.25) is 18.1 Å². The Kier molecular flexibility index (Phi) is 7.67. The molecule has 0 fully saturated rings. The number of hydrogen-bond acceptors (Lipinski definition) is 2. The second-order valence-corrected chi connectivity index (χ2v) is 12.6. The van der Waals surface area contributed by atoms with Gasteiger partial charge in [0.2, 0.25) is 0 Å². The van der Waals surface area contributed by atoms with Crippen LogP contribution >= 0.6 is 11.6 Å². The minimum atomic E-state index is -2.20. The van der Waals surface area contributed by atoms with Gasteiger partial charge in [0.15, 0.2) is 0 Å². The zero-order valence-corrected chi connectivity index (χ0v) is 19.9. The smallest absolute Gasteiger partial charge is 0.333 e. The zero-order valence-electron chi connectivity index (χ0n) is 18.1. The quantitative estimate of drug-likeness (QED) is 0.234. The van der Waals surface area contributed by atoms with Crippen LogP contribution in [0.3, 0.4) is 0 Å². The molecule has 3 aromatic rings. The van der Waals surface area contributed by atoms with Crippen molar-refractivity contribution in [3.8, 4) is 0 Å². The molecule has 0 heterocycles. The average Bonchev–Trinajstić information content (AvgIpc) is 2.80. The molecular formula is C27H27ClO2Si. The fourth-order valence-electron chi connectivity index (χ4n) is 3.81. The lowest BCUT2D eigenvalue weighted by atomic mass is 10.1. The maximum atomic E-state index is 13.0. The summed E-state index contributed by atoms with van der Waals surface area (Å²) in [6.45, 7) is 4.58. The van der Waals surface area contributed by atoms with Gasteiger partial charge in [0.25, 0.3) is 0 Å². The van der Waals surface area contributed by atoms with E-state index in [1.165, 1.54) is 12.3 Å². The van der Waals surface area contributed by atoms with Crippen LogP contribution in [-0.4, -0.2) is 21.2 Å². The summed E-state index contributed by atoms with van der Waals surface area (Å²) in [7, 11) is -0.752. The number of methoxy groups -OCH3 is 1. The molecule has 0 bridgehead atoms. The molecule has 0 aromatic heterocycles. The van der Waals surface area contributed by atoms with Gasteiger partial charge in [-0.15, -0.1) is 0 Å². The fourth-order valence-corrected chi connectivity index (χ4v) is 7.10. The monoisotopic (exact) mass is 446 g/mol. The highest BCUT2D eigenvalue weighted by molar-refractivity contribution is 7.05. The molecule has 0 amide bonds. The lowest BCUT2D eigenvalue weighted by Crippen LogP contribution is -2.44. The Labute approximate surface area is 190 Å². The summed E-state index contributed by atoms with van der Waals surface area (Å²) >= 11 is 5.99. The molecule has 0 aliphatic rings. The predicted octanol–water partition coefficient (Wildman–Crippen LogP) is 6.52. The highest BCUT2D eigenvalue weighted by atomic mass is 35.5. The average molecular weight is 447 g/mol. The van der Waals surface area contributed by atoms with Gasteiger partial charge in [0.05, 0.1) is 7.11 Å². The number of benzene rings is 3. The molecule has 0 aliphatic heterocycles. The van der Waals surface area contributed by atoms with Gasteiger partial charge in [0, 0.05) is 10.6 Å². The normalized spacial score (nSPS) is 12.5. The Balaban J connectivity index is 2.12. The van der Waals surface area contributed by atoms with Crippen LogP contribution in [-0.2, 0) is 9.53 Å². The molecule has 0 saturated carbocycles. The van der Waals surface area contributed by atoms with Crippen molar-refractivity contribution < 1.29 is 9.53 Å². The molecule has 0 radical (unpaired) electrons. The van der Waals surface area contributed by atoms with Gasteiger partial charge in [-0.25, -0.2) is 4.79 Å². The number of allylic oxidation sites excluding steroid dienone is 1. The van der Waals surface area contributed by atoms with Crippen molar-refractivity contribution in [3.63, 3.8) is 0 Å². The lowest BCUT2D eigenvalue weighted by Gasteiger charge is -2.29. The van der Waals surface area contributed by atoms with Crippen LogP contribution in [0.15, 0.2) is 96.6 Å². The van der Waals surface area contributed by atoms with E-state index in [0.29, 0.717) is 17.0 Å². The van der Waals surface area contributed by atoms with E-state index in [0.717, 1.165) is 16.3 Å². The van der Waals surface area contributed by atoms with E-state index in [-0.39, 0.29) is 5.97 Å². The predicted molar refractivity (Wildman–Crippen MR) is 134 cm³/mol. The molecule has 158 valence electrons. The van der Waals surface area contributed by atoms with Crippen molar-refractivity contribution in [2.45, 2.75) is 19.5 Å². The van der Waals surface area contributed by atoms with Gasteiger partial charge >= 0.3 is 5.97 Å².